The van der Waals surface area contributed by atoms with Crippen LogP contribution in [0.4, 0.5) is 13.2 Å². The zero-order chi connectivity index (χ0) is 14.0. The maximum atomic E-state index is 13.2. The highest BCUT2D eigenvalue weighted by atomic mass is 28.3. The summed E-state index contributed by atoms with van der Waals surface area (Å²) in [6, 6.07) is 7.41. The van der Waals surface area contributed by atoms with Crippen LogP contribution in [0.1, 0.15) is 5.56 Å². The third-order valence-corrected chi connectivity index (χ3v) is 3.19. The molecule has 5 heteroatoms. The molecule has 0 spiro atoms. The Morgan fingerprint density at radius 3 is 1.94 bits per heavy atom. The van der Waals surface area contributed by atoms with E-state index in [1.54, 1.807) is 6.07 Å². The number of benzene rings is 1. The predicted octanol–water partition coefficient (Wildman–Crippen LogP) is 3.28. The van der Waals surface area contributed by atoms with Crippen LogP contribution >= 0.6 is 0 Å². The monoisotopic (exact) mass is 271 g/mol. The largest absolute Gasteiger partial charge is 0.422 e. The molecule has 1 aromatic rings. The predicted molar refractivity (Wildman–Crippen MR) is 69.5 cm³/mol. The van der Waals surface area contributed by atoms with Gasteiger partial charge in [0.25, 0.3) is 0 Å². The highest BCUT2D eigenvalue weighted by molar-refractivity contribution is 6.83. The second-order valence-electron chi connectivity index (χ2n) is 5.17. The van der Waals surface area contributed by atoms with E-state index in [9.17, 15) is 13.2 Å². The third kappa shape index (κ3) is 3.37. The van der Waals surface area contributed by atoms with Crippen LogP contribution in [-0.2, 0) is 5.54 Å². The van der Waals surface area contributed by atoms with Crippen molar-refractivity contribution in [1.82, 2.24) is 0 Å². The molecule has 0 bridgehead atoms. The molecule has 18 heavy (non-hydrogen) atoms. The van der Waals surface area contributed by atoms with Gasteiger partial charge in [0.2, 0.25) is 0 Å². The molecule has 0 aliphatic heterocycles. The van der Waals surface area contributed by atoms with Crippen molar-refractivity contribution in [3.63, 3.8) is 0 Å². The molecule has 1 nitrogen and oxygen atoms in total. The third-order valence-electron chi connectivity index (χ3n) is 2.31. The second kappa shape index (κ2) is 4.79. The summed E-state index contributed by atoms with van der Waals surface area (Å²) in [5, 5.41) is 0. The van der Waals surface area contributed by atoms with Crippen LogP contribution < -0.4 is 5.73 Å². The molecule has 0 saturated heterocycles. The highest BCUT2D eigenvalue weighted by Crippen LogP contribution is 2.36. The number of rotatable bonds is 1. The van der Waals surface area contributed by atoms with E-state index in [-0.39, 0.29) is 5.56 Å². The molecule has 0 aliphatic rings. The zero-order valence-corrected chi connectivity index (χ0v) is 11.6. The molecule has 0 aliphatic carbocycles. The lowest BCUT2D eigenvalue weighted by atomic mass is 9.91. The molecule has 1 atom stereocenters. The molecule has 0 heterocycles. The smallest absolute Gasteiger partial charge is 0.304 e. The first-order valence-corrected chi connectivity index (χ1v) is 9.02. The van der Waals surface area contributed by atoms with E-state index in [1.807, 2.05) is 19.6 Å². The van der Waals surface area contributed by atoms with Crippen molar-refractivity contribution in [2.75, 3.05) is 0 Å². The molecular formula is C13H16F3NSi. The van der Waals surface area contributed by atoms with Gasteiger partial charge in [0.1, 0.15) is 8.07 Å². The number of hydrogen-bond donors (Lipinski definition) is 1. The Labute approximate surface area is 106 Å². The first-order valence-electron chi connectivity index (χ1n) is 5.52. The van der Waals surface area contributed by atoms with Crippen molar-refractivity contribution in [2.24, 2.45) is 5.73 Å². The summed E-state index contributed by atoms with van der Waals surface area (Å²) in [4.78, 5) is 0. The Hall–Kier alpha value is -1.25. The van der Waals surface area contributed by atoms with Crippen LogP contribution in [0.3, 0.4) is 0 Å². The minimum absolute atomic E-state index is 0.0248. The molecule has 1 unspecified atom stereocenters. The van der Waals surface area contributed by atoms with Gasteiger partial charge in [0.15, 0.2) is 5.54 Å². The van der Waals surface area contributed by atoms with Crippen molar-refractivity contribution in [3.8, 4) is 11.5 Å². The van der Waals surface area contributed by atoms with Gasteiger partial charge >= 0.3 is 6.18 Å². The Bertz CT molecular complexity index is 465. The molecule has 98 valence electrons. The Morgan fingerprint density at radius 1 is 1.06 bits per heavy atom. The van der Waals surface area contributed by atoms with Gasteiger partial charge < -0.3 is 5.73 Å². The molecule has 2 N–H and O–H groups in total. The van der Waals surface area contributed by atoms with Crippen LogP contribution in [0.25, 0.3) is 0 Å². The fourth-order valence-corrected chi connectivity index (χ4v) is 1.87. The molecule has 0 amide bonds. The van der Waals surface area contributed by atoms with Crippen molar-refractivity contribution in [3.05, 3.63) is 35.9 Å². The van der Waals surface area contributed by atoms with Crippen LogP contribution in [0.5, 0.6) is 0 Å². The number of halogens is 3. The van der Waals surface area contributed by atoms with Crippen LogP contribution in [0, 0.1) is 11.5 Å². The van der Waals surface area contributed by atoms with Crippen molar-refractivity contribution >= 4 is 8.07 Å². The zero-order valence-electron chi connectivity index (χ0n) is 10.6. The standard InChI is InChI=1S/C13H16F3NSi/c1-18(2,3)10-9-12(17,13(14,15)16)11-7-5-4-6-8-11/h4-8H,17H2,1-3H3. The maximum Gasteiger partial charge on any atom is 0.422 e. The molecular weight excluding hydrogens is 255 g/mol. The second-order valence-corrected chi connectivity index (χ2v) is 9.92. The summed E-state index contributed by atoms with van der Waals surface area (Å²) in [5.74, 6) is 2.26. The lowest BCUT2D eigenvalue weighted by molar-refractivity contribution is -0.171. The molecule has 1 rings (SSSR count). The average Bonchev–Trinajstić information content (AvgIpc) is 2.24. The Morgan fingerprint density at radius 2 is 1.56 bits per heavy atom. The summed E-state index contributed by atoms with van der Waals surface area (Å²) in [5.41, 5.74) is 5.63. The van der Waals surface area contributed by atoms with Crippen LogP contribution in [0.15, 0.2) is 30.3 Å². The van der Waals surface area contributed by atoms with Crippen LogP contribution in [-0.4, -0.2) is 14.3 Å². The molecule has 0 fully saturated rings. The van der Waals surface area contributed by atoms with Gasteiger partial charge in [0.05, 0.1) is 0 Å². The molecule has 0 radical (unpaired) electrons. The van der Waals surface area contributed by atoms with Gasteiger partial charge in [0, 0.05) is 0 Å². The first kappa shape index (κ1) is 14.8. The number of hydrogen-bond acceptors (Lipinski definition) is 1. The maximum absolute atomic E-state index is 13.2. The highest BCUT2D eigenvalue weighted by Gasteiger charge is 2.52. The van der Waals surface area contributed by atoms with Gasteiger partial charge in [-0.15, -0.1) is 5.54 Å². The average molecular weight is 271 g/mol. The van der Waals surface area contributed by atoms with E-state index in [0.29, 0.717) is 0 Å². The molecule has 0 saturated carbocycles. The first-order chi connectivity index (χ1) is 8.06. The topological polar surface area (TPSA) is 26.0 Å². The minimum atomic E-state index is -4.60. The quantitative estimate of drug-likeness (QED) is 0.615. The van der Waals surface area contributed by atoms with Crippen molar-refractivity contribution in [1.29, 1.82) is 0 Å². The van der Waals surface area contributed by atoms with E-state index in [0.717, 1.165) is 0 Å². The number of alkyl halides is 3. The van der Waals surface area contributed by atoms with Crippen LogP contribution in [0.2, 0.25) is 19.6 Å². The molecule has 1 aromatic carbocycles. The SMILES string of the molecule is C[Si](C)(C)C#CC(N)(c1ccccc1)C(F)(F)F. The fourth-order valence-electron chi connectivity index (χ4n) is 1.29. The Kier molecular flexibility index (Phi) is 3.94. The summed E-state index contributed by atoms with van der Waals surface area (Å²) in [6.07, 6.45) is -4.60. The van der Waals surface area contributed by atoms with Gasteiger partial charge in [-0.2, -0.15) is 13.2 Å². The normalized spacial score (nSPS) is 15.5. The minimum Gasteiger partial charge on any atom is -0.304 e. The van der Waals surface area contributed by atoms with Crippen molar-refractivity contribution < 1.29 is 13.2 Å². The van der Waals surface area contributed by atoms with Crippen molar-refractivity contribution in [2.45, 2.75) is 31.4 Å². The molecule has 0 aromatic heterocycles. The van der Waals surface area contributed by atoms with Gasteiger partial charge in [-0.25, -0.2) is 0 Å². The van der Waals surface area contributed by atoms with E-state index < -0.39 is 19.8 Å². The van der Waals surface area contributed by atoms with E-state index in [4.69, 9.17) is 5.73 Å². The van der Waals surface area contributed by atoms with Gasteiger partial charge in [-0.1, -0.05) is 55.9 Å². The summed E-state index contributed by atoms with van der Waals surface area (Å²) in [7, 11) is -1.92. The van der Waals surface area contributed by atoms with E-state index in [2.05, 4.69) is 11.5 Å². The van der Waals surface area contributed by atoms with Gasteiger partial charge in [-0.05, 0) is 5.56 Å². The van der Waals surface area contributed by atoms with Gasteiger partial charge in [-0.3, -0.25) is 0 Å². The van der Waals surface area contributed by atoms with E-state index >= 15 is 0 Å². The number of nitrogens with two attached hydrogens (primary N) is 1. The fraction of sp³-hybridized carbons (Fsp3) is 0.385. The summed E-state index contributed by atoms with van der Waals surface area (Å²) >= 11 is 0. The summed E-state index contributed by atoms with van der Waals surface area (Å²) < 4.78 is 39.5. The lowest BCUT2D eigenvalue weighted by Crippen LogP contribution is -2.49. The Balaban J connectivity index is 3.33. The summed E-state index contributed by atoms with van der Waals surface area (Å²) in [6.45, 7) is 5.63. The lowest BCUT2D eigenvalue weighted by Gasteiger charge is -2.27. The van der Waals surface area contributed by atoms with E-state index in [1.165, 1.54) is 24.3 Å².